The number of fused-ring (bicyclic) bond motifs is 3. The third-order valence-electron chi connectivity index (χ3n) is 4.59. The van der Waals surface area contributed by atoms with E-state index in [0.717, 1.165) is 28.6 Å². The van der Waals surface area contributed by atoms with Gasteiger partial charge in [-0.1, -0.05) is 29.8 Å². The van der Waals surface area contributed by atoms with E-state index in [1.807, 2.05) is 18.2 Å². The predicted molar refractivity (Wildman–Crippen MR) is 92.5 cm³/mol. The molecule has 1 amide bonds. The second-order valence-corrected chi connectivity index (χ2v) is 6.54. The van der Waals surface area contributed by atoms with Crippen molar-refractivity contribution in [2.24, 2.45) is 0 Å². The number of H-pyrrole nitrogens is 1. The Morgan fingerprint density at radius 1 is 1.25 bits per heavy atom. The minimum atomic E-state index is -0.331. The molecule has 4 rings (SSSR count). The highest BCUT2D eigenvalue weighted by molar-refractivity contribution is 6.31. The van der Waals surface area contributed by atoms with Crippen molar-refractivity contribution in [3.05, 3.63) is 70.1 Å². The van der Waals surface area contributed by atoms with Crippen molar-refractivity contribution in [2.75, 3.05) is 6.54 Å². The highest BCUT2D eigenvalue weighted by Crippen LogP contribution is 2.30. The van der Waals surface area contributed by atoms with Crippen LogP contribution in [-0.4, -0.2) is 22.3 Å². The molecule has 0 saturated heterocycles. The molecule has 0 atom stereocenters. The fourth-order valence-electron chi connectivity index (χ4n) is 3.32. The summed E-state index contributed by atoms with van der Waals surface area (Å²) in [6.07, 6.45) is 0.857. The molecule has 1 N–H and O–H groups in total. The number of nitrogens with zero attached hydrogens (tertiary/aromatic N) is 1. The van der Waals surface area contributed by atoms with Gasteiger partial charge in [-0.25, -0.2) is 4.39 Å². The van der Waals surface area contributed by atoms with Crippen LogP contribution in [0, 0.1) is 5.82 Å². The van der Waals surface area contributed by atoms with Gasteiger partial charge in [-0.2, -0.15) is 0 Å². The first-order valence-electron chi connectivity index (χ1n) is 7.92. The van der Waals surface area contributed by atoms with E-state index in [9.17, 15) is 9.18 Å². The number of aromatic nitrogens is 1. The Hall–Kier alpha value is -2.33. The Balaban J connectivity index is 1.59. The molecule has 0 spiro atoms. The van der Waals surface area contributed by atoms with Crippen molar-refractivity contribution in [1.82, 2.24) is 9.88 Å². The molecule has 0 aliphatic carbocycles. The lowest BCUT2D eigenvalue weighted by Gasteiger charge is -2.27. The average Bonchev–Trinajstić information content (AvgIpc) is 2.94. The first-order valence-corrected chi connectivity index (χ1v) is 8.30. The van der Waals surface area contributed by atoms with Gasteiger partial charge in [0, 0.05) is 46.7 Å². The Kier molecular flexibility index (Phi) is 3.77. The van der Waals surface area contributed by atoms with Crippen LogP contribution in [0.15, 0.2) is 42.5 Å². The third-order valence-corrected chi connectivity index (χ3v) is 4.82. The van der Waals surface area contributed by atoms with E-state index in [1.54, 1.807) is 23.1 Å². The van der Waals surface area contributed by atoms with E-state index in [1.165, 1.54) is 6.07 Å². The first kappa shape index (κ1) is 15.2. The summed E-state index contributed by atoms with van der Waals surface area (Å²) in [5.74, 6) is -0.385. The topological polar surface area (TPSA) is 36.1 Å². The Morgan fingerprint density at radius 3 is 2.92 bits per heavy atom. The van der Waals surface area contributed by atoms with Crippen molar-refractivity contribution in [1.29, 1.82) is 0 Å². The maximum absolute atomic E-state index is 13.8. The summed E-state index contributed by atoms with van der Waals surface area (Å²) in [6.45, 7) is 1.17. The molecule has 0 bridgehead atoms. The van der Waals surface area contributed by atoms with Gasteiger partial charge in [0.15, 0.2) is 0 Å². The average molecular weight is 343 g/mol. The largest absolute Gasteiger partial charge is 0.358 e. The summed E-state index contributed by atoms with van der Waals surface area (Å²) in [6, 6.07) is 12.2. The van der Waals surface area contributed by atoms with E-state index in [2.05, 4.69) is 4.98 Å². The van der Waals surface area contributed by atoms with Crippen LogP contribution in [0.1, 0.15) is 16.8 Å². The molecular formula is C19H16ClFN2O. The van der Waals surface area contributed by atoms with Crippen LogP contribution in [0.2, 0.25) is 5.02 Å². The van der Waals surface area contributed by atoms with Crippen LogP contribution in [0.3, 0.4) is 0 Å². The second kappa shape index (κ2) is 5.95. The number of carbonyl (C=O) groups excluding carboxylic acids is 1. The van der Waals surface area contributed by atoms with Crippen LogP contribution in [0.4, 0.5) is 4.39 Å². The van der Waals surface area contributed by atoms with Gasteiger partial charge in [-0.05, 0) is 29.8 Å². The highest BCUT2D eigenvalue weighted by Gasteiger charge is 2.24. The zero-order chi connectivity index (χ0) is 16.7. The van der Waals surface area contributed by atoms with E-state index in [4.69, 9.17) is 11.6 Å². The predicted octanol–water partition coefficient (Wildman–Crippen LogP) is 4.09. The molecule has 0 fully saturated rings. The molecule has 3 nitrogen and oxygen atoms in total. The van der Waals surface area contributed by atoms with Crippen molar-refractivity contribution in [3.63, 3.8) is 0 Å². The highest BCUT2D eigenvalue weighted by atomic mass is 35.5. The minimum Gasteiger partial charge on any atom is -0.358 e. The Bertz CT molecular complexity index is 934. The lowest BCUT2D eigenvalue weighted by molar-refractivity contribution is -0.131. The van der Waals surface area contributed by atoms with Crippen LogP contribution in [-0.2, 0) is 24.2 Å². The van der Waals surface area contributed by atoms with Crippen molar-refractivity contribution in [3.8, 4) is 0 Å². The van der Waals surface area contributed by atoms with Gasteiger partial charge < -0.3 is 9.88 Å². The molecule has 0 unspecified atom stereocenters. The molecule has 122 valence electrons. The molecule has 1 aromatic heterocycles. The van der Waals surface area contributed by atoms with E-state index in [-0.39, 0.29) is 18.1 Å². The zero-order valence-electron chi connectivity index (χ0n) is 13.0. The number of halogens is 2. The van der Waals surface area contributed by atoms with Gasteiger partial charge in [0.1, 0.15) is 5.82 Å². The normalized spacial score (nSPS) is 14.0. The van der Waals surface area contributed by atoms with Crippen LogP contribution in [0.25, 0.3) is 10.9 Å². The first-order chi connectivity index (χ1) is 11.6. The summed E-state index contributed by atoms with van der Waals surface area (Å²) < 4.78 is 13.8. The third kappa shape index (κ3) is 2.67. The smallest absolute Gasteiger partial charge is 0.227 e. The van der Waals surface area contributed by atoms with Crippen LogP contribution < -0.4 is 0 Å². The summed E-state index contributed by atoms with van der Waals surface area (Å²) in [5.41, 5.74) is 3.74. The van der Waals surface area contributed by atoms with Gasteiger partial charge in [0.05, 0.1) is 6.42 Å². The molecule has 1 aliphatic rings. The number of carbonyl (C=O) groups is 1. The number of hydrogen-bond donors (Lipinski definition) is 1. The molecular weight excluding hydrogens is 327 g/mol. The number of hydrogen-bond acceptors (Lipinski definition) is 1. The number of aromatic amines is 1. The molecule has 1 aliphatic heterocycles. The standard InChI is InChI=1S/C19H16ClFN2O/c20-13-5-6-17-14(10-13)15-11-23(8-7-18(15)22-17)19(24)9-12-3-1-2-4-16(12)21/h1-6,10,22H,7-9,11H2. The van der Waals surface area contributed by atoms with Gasteiger partial charge >= 0.3 is 0 Å². The summed E-state index contributed by atoms with van der Waals surface area (Å²) in [5, 5.41) is 1.74. The molecule has 0 saturated carbocycles. The quantitative estimate of drug-likeness (QED) is 0.748. The van der Waals surface area contributed by atoms with Gasteiger partial charge in [-0.15, -0.1) is 0 Å². The van der Waals surface area contributed by atoms with Crippen molar-refractivity contribution in [2.45, 2.75) is 19.4 Å². The maximum atomic E-state index is 13.8. The SMILES string of the molecule is O=C(Cc1ccccc1F)N1CCc2[nH]c3ccc(Cl)cc3c2C1. The summed E-state index contributed by atoms with van der Waals surface area (Å²) >= 11 is 6.11. The van der Waals surface area contributed by atoms with Gasteiger partial charge in [0.2, 0.25) is 5.91 Å². The molecule has 3 aromatic rings. The van der Waals surface area contributed by atoms with E-state index >= 15 is 0 Å². The van der Waals surface area contributed by atoms with E-state index < -0.39 is 0 Å². The van der Waals surface area contributed by atoms with Crippen molar-refractivity contribution >= 4 is 28.4 Å². The van der Waals surface area contributed by atoms with Crippen LogP contribution in [0.5, 0.6) is 0 Å². The second-order valence-electron chi connectivity index (χ2n) is 6.11. The fraction of sp³-hybridized carbons (Fsp3) is 0.211. The van der Waals surface area contributed by atoms with Crippen molar-refractivity contribution < 1.29 is 9.18 Å². The fourth-order valence-corrected chi connectivity index (χ4v) is 3.49. The molecule has 0 radical (unpaired) electrons. The van der Waals surface area contributed by atoms with Crippen LogP contribution >= 0.6 is 11.6 Å². The van der Waals surface area contributed by atoms with Gasteiger partial charge in [-0.3, -0.25) is 4.79 Å². The number of rotatable bonds is 2. The molecule has 2 aromatic carbocycles. The molecule has 5 heteroatoms. The summed E-state index contributed by atoms with van der Waals surface area (Å²) in [7, 11) is 0. The van der Waals surface area contributed by atoms with Gasteiger partial charge in [0.25, 0.3) is 0 Å². The monoisotopic (exact) mass is 342 g/mol. The minimum absolute atomic E-state index is 0.0536. The number of benzene rings is 2. The maximum Gasteiger partial charge on any atom is 0.227 e. The molecule has 24 heavy (non-hydrogen) atoms. The number of amides is 1. The molecule has 2 heterocycles. The Labute approximate surface area is 144 Å². The summed E-state index contributed by atoms with van der Waals surface area (Å²) in [4.78, 5) is 17.8. The lowest BCUT2D eigenvalue weighted by atomic mass is 10.0. The van der Waals surface area contributed by atoms with E-state index in [0.29, 0.717) is 23.7 Å². The lowest BCUT2D eigenvalue weighted by Crippen LogP contribution is -2.36. The number of nitrogens with one attached hydrogen (secondary N) is 1. The zero-order valence-corrected chi connectivity index (χ0v) is 13.7. The Morgan fingerprint density at radius 2 is 2.08 bits per heavy atom.